The van der Waals surface area contributed by atoms with Crippen molar-refractivity contribution >= 4 is 11.6 Å². The summed E-state index contributed by atoms with van der Waals surface area (Å²) in [4.78, 5) is 19.9. The van der Waals surface area contributed by atoms with Crippen LogP contribution in [-0.2, 0) is 16.0 Å². The molecule has 0 saturated carbocycles. The number of hydrogen-bond acceptors (Lipinski definition) is 5. The summed E-state index contributed by atoms with van der Waals surface area (Å²) in [5.41, 5.74) is 7.39. The summed E-state index contributed by atoms with van der Waals surface area (Å²) in [5, 5.41) is 7.72. The van der Waals surface area contributed by atoms with Gasteiger partial charge in [0.25, 0.3) is 0 Å². The Morgan fingerprint density at radius 3 is 2.69 bits per heavy atom. The molecule has 7 heteroatoms. The number of aryl methyl sites for hydroxylation is 4. The third kappa shape index (κ3) is 5.00. The van der Waals surface area contributed by atoms with Crippen molar-refractivity contribution in [2.75, 3.05) is 32.8 Å². The Morgan fingerprint density at radius 2 is 1.94 bits per heavy atom. The Bertz CT molecular complexity index is 1100. The van der Waals surface area contributed by atoms with Gasteiger partial charge in [0.05, 0.1) is 24.9 Å². The first kappa shape index (κ1) is 22.4. The highest BCUT2D eigenvalue weighted by atomic mass is 16.5. The first-order valence-corrected chi connectivity index (χ1v) is 11.4. The molecule has 0 radical (unpaired) electrons. The van der Waals surface area contributed by atoms with Gasteiger partial charge >= 0.3 is 0 Å². The average Bonchev–Trinajstić information content (AvgIpc) is 3.15. The average molecular weight is 436 g/mol. The Balaban J connectivity index is 1.42. The third-order valence-corrected chi connectivity index (χ3v) is 6.29. The molecule has 32 heavy (non-hydrogen) atoms. The number of morpholine rings is 1. The molecule has 170 valence electrons. The van der Waals surface area contributed by atoms with E-state index < -0.39 is 0 Å². The van der Waals surface area contributed by atoms with Gasteiger partial charge in [-0.25, -0.2) is 9.50 Å². The second kappa shape index (κ2) is 9.79. The Hall–Kier alpha value is -2.77. The van der Waals surface area contributed by atoms with Crippen LogP contribution in [0.15, 0.2) is 30.3 Å². The van der Waals surface area contributed by atoms with E-state index in [-0.39, 0.29) is 11.9 Å². The Kier molecular flexibility index (Phi) is 6.86. The maximum Gasteiger partial charge on any atom is 0.220 e. The topological polar surface area (TPSA) is 71.8 Å². The molecule has 1 aliphatic heterocycles. The SMILES string of the molecule is Cc1cccc(C(CNC(=O)CCc2c(C)nc3cc(C)nn3c2C)N2CCOCC2)c1. The lowest BCUT2D eigenvalue weighted by atomic mass is 10.0. The van der Waals surface area contributed by atoms with Crippen LogP contribution in [0.3, 0.4) is 0 Å². The quantitative estimate of drug-likeness (QED) is 0.618. The molecule has 1 aromatic carbocycles. The van der Waals surface area contributed by atoms with E-state index in [2.05, 4.69) is 51.5 Å². The van der Waals surface area contributed by atoms with Crippen LogP contribution in [0.5, 0.6) is 0 Å². The molecule has 1 aliphatic rings. The van der Waals surface area contributed by atoms with Crippen molar-refractivity contribution in [3.63, 3.8) is 0 Å². The van der Waals surface area contributed by atoms with E-state index in [0.29, 0.717) is 19.4 Å². The van der Waals surface area contributed by atoms with Gasteiger partial charge in [0.1, 0.15) is 0 Å². The molecule has 2 aromatic heterocycles. The van der Waals surface area contributed by atoms with Crippen LogP contribution in [-0.4, -0.2) is 58.3 Å². The van der Waals surface area contributed by atoms with E-state index in [1.165, 1.54) is 11.1 Å². The molecule has 1 unspecified atom stereocenters. The molecule has 1 N–H and O–H groups in total. The van der Waals surface area contributed by atoms with Crippen molar-refractivity contribution < 1.29 is 9.53 Å². The lowest BCUT2D eigenvalue weighted by molar-refractivity contribution is -0.121. The van der Waals surface area contributed by atoms with Gasteiger partial charge in [-0.05, 0) is 45.2 Å². The molecule has 7 nitrogen and oxygen atoms in total. The van der Waals surface area contributed by atoms with Gasteiger partial charge in [0.15, 0.2) is 5.65 Å². The Morgan fingerprint density at radius 1 is 1.16 bits per heavy atom. The Labute approximate surface area is 189 Å². The number of carbonyl (C=O) groups excluding carboxylic acids is 1. The largest absolute Gasteiger partial charge is 0.379 e. The van der Waals surface area contributed by atoms with Gasteiger partial charge in [0, 0.05) is 43.5 Å². The number of carbonyl (C=O) groups is 1. The zero-order valence-electron chi connectivity index (χ0n) is 19.5. The first-order chi connectivity index (χ1) is 15.4. The van der Waals surface area contributed by atoms with Gasteiger partial charge in [-0.3, -0.25) is 9.69 Å². The van der Waals surface area contributed by atoms with E-state index in [1.807, 2.05) is 31.4 Å². The standard InChI is InChI=1S/C25H33N5O2/c1-17-6-5-7-21(14-17)23(29-10-12-32-13-11-29)16-26-25(31)9-8-22-19(3)27-24-15-18(2)28-30(24)20(22)4/h5-7,14-15,23H,8-13,16H2,1-4H3,(H,26,31). The molecule has 3 heterocycles. The zero-order chi connectivity index (χ0) is 22.7. The van der Waals surface area contributed by atoms with Gasteiger partial charge in [-0.15, -0.1) is 0 Å². The number of hydrogen-bond donors (Lipinski definition) is 1. The third-order valence-electron chi connectivity index (χ3n) is 6.29. The summed E-state index contributed by atoms with van der Waals surface area (Å²) in [7, 11) is 0. The van der Waals surface area contributed by atoms with Crippen molar-refractivity contribution in [1.82, 2.24) is 24.8 Å². The van der Waals surface area contributed by atoms with Crippen LogP contribution in [0, 0.1) is 27.7 Å². The fraction of sp³-hybridized carbons (Fsp3) is 0.480. The molecular formula is C25H33N5O2. The number of nitrogens with one attached hydrogen (secondary N) is 1. The second-order valence-electron chi connectivity index (χ2n) is 8.70. The van der Waals surface area contributed by atoms with Crippen LogP contribution >= 0.6 is 0 Å². The van der Waals surface area contributed by atoms with Crippen LogP contribution in [0.25, 0.3) is 5.65 Å². The molecule has 1 amide bonds. The lowest BCUT2D eigenvalue weighted by Gasteiger charge is -2.35. The van der Waals surface area contributed by atoms with Gasteiger partial charge in [-0.1, -0.05) is 29.8 Å². The fourth-order valence-corrected chi connectivity index (χ4v) is 4.56. The molecule has 0 bridgehead atoms. The van der Waals surface area contributed by atoms with Crippen LogP contribution < -0.4 is 5.32 Å². The van der Waals surface area contributed by atoms with E-state index in [1.54, 1.807) is 0 Å². The summed E-state index contributed by atoms with van der Waals surface area (Å²) >= 11 is 0. The molecule has 4 rings (SSSR count). The second-order valence-corrected chi connectivity index (χ2v) is 8.70. The number of aromatic nitrogens is 3. The predicted octanol–water partition coefficient (Wildman–Crippen LogP) is 3.09. The highest BCUT2D eigenvalue weighted by molar-refractivity contribution is 5.76. The van der Waals surface area contributed by atoms with E-state index in [9.17, 15) is 4.79 Å². The molecule has 0 aliphatic carbocycles. The summed E-state index contributed by atoms with van der Waals surface area (Å²) in [6.07, 6.45) is 1.08. The summed E-state index contributed by atoms with van der Waals surface area (Å²) in [6, 6.07) is 10.7. The number of ether oxygens (including phenoxy) is 1. The molecular weight excluding hydrogens is 402 g/mol. The molecule has 1 saturated heterocycles. The van der Waals surface area contributed by atoms with E-state index >= 15 is 0 Å². The normalized spacial score (nSPS) is 15.8. The van der Waals surface area contributed by atoms with Crippen LogP contribution in [0.1, 0.15) is 46.2 Å². The number of rotatable bonds is 7. The number of amides is 1. The minimum Gasteiger partial charge on any atom is -0.379 e. The van der Waals surface area contributed by atoms with Crippen molar-refractivity contribution in [3.8, 4) is 0 Å². The highest BCUT2D eigenvalue weighted by Gasteiger charge is 2.23. The predicted molar refractivity (Wildman–Crippen MR) is 125 cm³/mol. The fourth-order valence-electron chi connectivity index (χ4n) is 4.56. The van der Waals surface area contributed by atoms with Crippen molar-refractivity contribution in [2.45, 2.75) is 46.6 Å². The molecule has 3 aromatic rings. The summed E-state index contributed by atoms with van der Waals surface area (Å²) < 4.78 is 7.41. The first-order valence-electron chi connectivity index (χ1n) is 11.4. The minimum atomic E-state index is 0.0615. The minimum absolute atomic E-state index is 0.0615. The van der Waals surface area contributed by atoms with Crippen LogP contribution in [0.2, 0.25) is 0 Å². The smallest absolute Gasteiger partial charge is 0.220 e. The summed E-state index contributed by atoms with van der Waals surface area (Å²) in [5.74, 6) is 0.0615. The monoisotopic (exact) mass is 435 g/mol. The van der Waals surface area contributed by atoms with E-state index in [0.717, 1.165) is 54.6 Å². The number of fused-ring (bicyclic) bond motifs is 1. The van der Waals surface area contributed by atoms with Gasteiger partial charge in [-0.2, -0.15) is 5.10 Å². The maximum atomic E-state index is 12.8. The van der Waals surface area contributed by atoms with Crippen LogP contribution in [0.4, 0.5) is 0 Å². The molecule has 1 atom stereocenters. The number of benzene rings is 1. The van der Waals surface area contributed by atoms with Crippen molar-refractivity contribution in [2.24, 2.45) is 0 Å². The molecule has 0 spiro atoms. The zero-order valence-corrected chi connectivity index (χ0v) is 19.5. The number of nitrogens with zero attached hydrogens (tertiary/aromatic N) is 4. The van der Waals surface area contributed by atoms with Crippen molar-refractivity contribution in [1.29, 1.82) is 0 Å². The summed E-state index contributed by atoms with van der Waals surface area (Å²) in [6.45, 7) is 11.9. The van der Waals surface area contributed by atoms with E-state index in [4.69, 9.17) is 4.74 Å². The van der Waals surface area contributed by atoms with Gasteiger partial charge < -0.3 is 10.1 Å². The highest BCUT2D eigenvalue weighted by Crippen LogP contribution is 2.22. The lowest BCUT2D eigenvalue weighted by Crippen LogP contribution is -2.43. The maximum absolute atomic E-state index is 12.8. The molecule has 1 fully saturated rings. The van der Waals surface area contributed by atoms with Crippen molar-refractivity contribution in [3.05, 3.63) is 64.1 Å². The van der Waals surface area contributed by atoms with Gasteiger partial charge in [0.2, 0.25) is 5.91 Å².